The van der Waals surface area contributed by atoms with Crippen LogP contribution in [0.1, 0.15) is 290 Å². The molecule has 6 heteroatoms. The molecule has 0 rings (SSSR count). The number of aliphatic hydroxyl groups excluding tert-OH is 2. The third-order valence-corrected chi connectivity index (χ3v) is 12.8. The maximum absolute atomic E-state index is 12.4. The molecule has 0 aromatic carbocycles. The zero-order valence-electron chi connectivity index (χ0n) is 43.2. The molecule has 0 aromatic heterocycles. The topological polar surface area (TPSA) is 95.9 Å². The second-order valence-corrected chi connectivity index (χ2v) is 19.3. The highest BCUT2D eigenvalue weighted by Crippen LogP contribution is 2.15. The second-order valence-electron chi connectivity index (χ2n) is 19.3. The van der Waals surface area contributed by atoms with Gasteiger partial charge in [-0.2, -0.15) is 0 Å². The van der Waals surface area contributed by atoms with Gasteiger partial charge in [0, 0.05) is 12.8 Å². The number of allylic oxidation sites excluding steroid dienone is 7. The van der Waals surface area contributed by atoms with Crippen molar-refractivity contribution in [2.45, 2.75) is 302 Å². The molecule has 2 atom stereocenters. The molecule has 0 radical (unpaired) electrons. The highest BCUT2D eigenvalue weighted by atomic mass is 16.5. The number of esters is 1. The number of rotatable bonds is 52. The molecule has 0 saturated heterocycles. The third kappa shape index (κ3) is 51.1. The molecule has 3 N–H and O–H groups in total. The third-order valence-electron chi connectivity index (χ3n) is 12.8. The average Bonchev–Trinajstić information content (AvgIpc) is 3.31. The minimum atomic E-state index is -0.855. The fourth-order valence-corrected chi connectivity index (χ4v) is 8.42. The van der Waals surface area contributed by atoms with Crippen molar-refractivity contribution in [1.82, 2.24) is 5.32 Å². The van der Waals surface area contributed by atoms with Gasteiger partial charge in [-0.25, -0.2) is 0 Å². The fraction of sp³-hybridized carbons (Fsp3) is 0.831. The van der Waals surface area contributed by atoms with E-state index in [-0.39, 0.29) is 18.5 Å². The highest BCUT2D eigenvalue weighted by molar-refractivity contribution is 5.76. The van der Waals surface area contributed by atoms with E-state index >= 15 is 0 Å². The van der Waals surface area contributed by atoms with Crippen LogP contribution in [0.2, 0.25) is 0 Å². The van der Waals surface area contributed by atoms with Crippen LogP contribution in [0.5, 0.6) is 0 Å². The lowest BCUT2D eigenvalue weighted by Crippen LogP contribution is -2.45. The molecule has 2 unspecified atom stereocenters. The Hall–Kier alpha value is -2.18. The van der Waals surface area contributed by atoms with Gasteiger partial charge < -0.3 is 20.3 Å². The number of hydrogen-bond donors (Lipinski definition) is 3. The van der Waals surface area contributed by atoms with E-state index in [9.17, 15) is 19.8 Å². The van der Waals surface area contributed by atoms with E-state index in [4.69, 9.17) is 4.74 Å². The lowest BCUT2D eigenvalue weighted by Gasteiger charge is -2.20. The maximum Gasteiger partial charge on any atom is 0.305 e. The number of ether oxygens (including phenoxy) is 1. The molecule has 0 aliphatic carbocycles. The van der Waals surface area contributed by atoms with Gasteiger partial charge in [-0.15, -0.1) is 0 Å². The van der Waals surface area contributed by atoms with Gasteiger partial charge in [-0.3, -0.25) is 9.59 Å². The first-order valence-corrected chi connectivity index (χ1v) is 28.4. The summed E-state index contributed by atoms with van der Waals surface area (Å²) in [5.41, 5.74) is 0. The molecule has 0 saturated carbocycles. The van der Waals surface area contributed by atoms with Crippen molar-refractivity contribution < 1.29 is 24.5 Å². The van der Waals surface area contributed by atoms with Crippen LogP contribution in [0.15, 0.2) is 48.6 Å². The Morgan fingerprint density at radius 1 is 0.431 bits per heavy atom. The molecule has 1 amide bonds. The van der Waals surface area contributed by atoms with Crippen molar-refractivity contribution in [2.75, 3.05) is 13.2 Å². The Kier molecular flexibility index (Phi) is 52.6. The van der Waals surface area contributed by atoms with E-state index in [2.05, 4.69) is 55.6 Å². The fourth-order valence-electron chi connectivity index (χ4n) is 8.42. The van der Waals surface area contributed by atoms with Crippen molar-refractivity contribution in [3.63, 3.8) is 0 Å². The Balaban J connectivity index is 3.50. The first-order chi connectivity index (χ1) is 32.0. The predicted molar refractivity (Wildman–Crippen MR) is 282 cm³/mol. The Morgan fingerprint density at radius 2 is 0.769 bits per heavy atom. The lowest BCUT2D eigenvalue weighted by molar-refractivity contribution is -0.143. The largest absolute Gasteiger partial charge is 0.466 e. The van der Waals surface area contributed by atoms with Crippen LogP contribution in [0.25, 0.3) is 0 Å². The van der Waals surface area contributed by atoms with Crippen LogP contribution in [0, 0.1) is 0 Å². The lowest BCUT2D eigenvalue weighted by atomic mass is 10.1. The molecule has 0 spiro atoms. The average molecular weight is 913 g/mol. The van der Waals surface area contributed by atoms with Crippen LogP contribution >= 0.6 is 0 Å². The minimum Gasteiger partial charge on any atom is -0.466 e. The van der Waals surface area contributed by atoms with Crippen LogP contribution in [0.3, 0.4) is 0 Å². The molecular formula is C59H109NO5. The minimum absolute atomic E-state index is 0.0175. The van der Waals surface area contributed by atoms with Crippen molar-refractivity contribution in [3.8, 4) is 0 Å². The van der Waals surface area contributed by atoms with Gasteiger partial charge in [-0.1, -0.05) is 229 Å². The van der Waals surface area contributed by atoms with E-state index in [1.165, 1.54) is 180 Å². The zero-order valence-corrected chi connectivity index (χ0v) is 43.2. The number of nitrogens with one attached hydrogen (secondary N) is 1. The number of carbonyl (C=O) groups is 2. The molecule has 380 valence electrons. The molecule has 0 aliphatic heterocycles. The first kappa shape index (κ1) is 62.8. The summed E-state index contributed by atoms with van der Waals surface area (Å²) in [7, 11) is 0. The number of aliphatic hydroxyl groups is 2. The molecule has 65 heavy (non-hydrogen) atoms. The number of carbonyl (C=O) groups excluding carboxylic acids is 2. The van der Waals surface area contributed by atoms with E-state index in [0.29, 0.717) is 19.4 Å². The van der Waals surface area contributed by atoms with Gasteiger partial charge in [0.25, 0.3) is 0 Å². The van der Waals surface area contributed by atoms with E-state index in [1.54, 1.807) is 6.08 Å². The molecule has 0 bridgehead atoms. The smallest absolute Gasteiger partial charge is 0.305 e. The maximum atomic E-state index is 12.4. The van der Waals surface area contributed by atoms with E-state index < -0.39 is 12.1 Å². The monoisotopic (exact) mass is 912 g/mol. The van der Waals surface area contributed by atoms with E-state index in [0.717, 1.165) is 83.5 Å². The van der Waals surface area contributed by atoms with Crippen LogP contribution < -0.4 is 5.32 Å². The summed E-state index contributed by atoms with van der Waals surface area (Å²) in [6, 6.07) is -0.640. The van der Waals surface area contributed by atoms with Crippen molar-refractivity contribution >= 4 is 11.9 Å². The predicted octanol–water partition coefficient (Wildman–Crippen LogP) is 17.4. The SMILES string of the molecule is CCCCCCCC/C=C\CCCCCCCCCCCC(=O)OCCCCC/C=C\C/C=C\CCCCCCCCCC(=O)NC(CO)C(O)/C=C/CCCCCCCCCCCC. The second kappa shape index (κ2) is 54.4. The summed E-state index contributed by atoms with van der Waals surface area (Å²) in [6.07, 6.45) is 68.4. The molecule has 0 fully saturated rings. The van der Waals surface area contributed by atoms with Crippen LogP contribution in [-0.4, -0.2) is 47.4 Å². The van der Waals surface area contributed by atoms with E-state index in [1.807, 2.05) is 6.08 Å². The normalized spacial score (nSPS) is 13.0. The summed E-state index contributed by atoms with van der Waals surface area (Å²) < 4.78 is 5.46. The van der Waals surface area contributed by atoms with Gasteiger partial charge in [0.1, 0.15) is 0 Å². The molecule has 0 heterocycles. The van der Waals surface area contributed by atoms with Gasteiger partial charge in [-0.05, 0) is 96.3 Å². The van der Waals surface area contributed by atoms with Gasteiger partial charge in [0.05, 0.1) is 25.4 Å². The standard InChI is InChI=1S/C59H109NO5/c1-3-5-7-9-11-13-15-17-18-19-20-23-26-29-33-37-41-45-49-53-59(64)65-54-50-46-42-38-34-30-27-24-21-22-25-28-32-36-40-44-48-52-58(63)60-56(55-61)57(62)51-47-43-39-35-31-16-14-12-10-8-6-4-2/h17-18,21,24,30,34,47,51,56-57,61-62H,3-16,19-20,22-23,25-29,31-33,35-46,48-50,52-55H2,1-2H3,(H,60,63)/b18-17-,24-21-,34-30-,51-47+. The van der Waals surface area contributed by atoms with Gasteiger partial charge in [0.15, 0.2) is 0 Å². The Morgan fingerprint density at radius 3 is 1.18 bits per heavy atom. The number of hydrogen-bond acceptors (Lipinski definition) is 5. The van der Waals surface area contributed by atoms with Crippen LogP contribution in [-0.2, 0) is 14.3 Å². The van der Waals surface area contributed by atoms with Crippen LogP contribution in [0.4, 0.5) is 0 Å². The summed E-state index contributed by atoms with van der Waals surface area (Å²) in [5.74, 6) is -0.103. The molecule has 0 aliphatic rings. The van der Waals surface area contributed by atoms with Crippen molar-refractivity contribution in [1.29, 1.82) is 0 Å². The highest BCUT2D eigenvalue weighted by Gasteiger charge is 2.18. The summed E-state index contributed by atoms with van der Waals surface area (Å²) >= 11 is 0. The number of amides is 1. The zero-order chi connectivity index (χ0) is 47.2. The molecule has 6 nitrogen and oxygen atoms in total. The summed E-state index contributed by atoms with van der Waals surface area (Å²) in [6.45, 7) is 4.84. The summed E-state index contributed by atoms with van der Waals surface area (Å²) in [4.78, 5) is 24.5. The first-order valence-electron chi connectivity index (χ1n) is 28.4. The van der Waals surface area contributed by atoms with Gasteiger partial charge >= 0.3 is 5.97 Å². The molecule has 0 aromatic rings. The molecular weight excluding hydrogens is 803 g/mol. The van der Waals surface area contributed by atoms with Gasteiger partial charge in [0.2, 0.25) is 5.91 Å². The van der Waals surface area contributed by atoms with Crippen molar-refractivity contribution in [3.05, 3.63) is 48.6 Å². The van der Waals surface area contributed by atoms with Crippen molar-refractivity contribution in [2.24, 2.45) is 0 Å². The Bertz CT molecular complexity index is 1100. The Labute approximate surface area is 404 Å². The quantitative estimate of drug-likeness (QED) is 0.0321. The summed E-state index contributed by atoms with van der Waals surface area (Å²) in [5, 5.41) is 23.0. The number of unbranched alkanes of at least 4 members (excludes halogenated alkanes) is 35.